The summed E-state index contributed by atoms with van der Waals surface area (Å²) in [6, 6.07) is 9.48. The maximum Gasteiger partial charge on any atom is 0.253 e. The lowest BCUT2D eigenvalue weighted by Gasteiger charge is -2.24. The first-order valence-electron chi connectivity index (χ1n) is 11.1. The summed E-state index contributed by atoms with van der Waals surface area (Å²) in [5.74, 6) is 1.97. The van der Waals surface area contributed by atoms with E-state index in [2.05, 4.69) is 20.9 Å². The number of nitrogens with one attached hydrogen (secondary N) is 3. The molecule has 8 nitrogen and oxygen atoms in total. The number of aryl methyl sites for hydroxylation is 2. The predicted molar refractivity (Wildman–Crippen MR) is 125 cm³/mol. The molecule has 174 valence electrons. The van der Waals surface area contributed by atoms with Gasteiger partial charge in [0.15, 0.2) is 5.96 Å². The molecule has 1 fully saturated rings. The van der Waals surface area contributed by atoms with Crippen molar-refractivity contribution in [1.82, 2.24) is 10.6 Å². The maximum atomic E-state index is 12.3. The average Bonchev–Trinajstić information content (AvgIpc) is 3.40. The molecule has 0 bridgehead atoms. The van der Waals surface area contributed by atoms with Crippen LogP contribution in [0.4, 0.5) is 5.69 Å². The highest BCUT2D eigenvalue weighted by Gasteiger charge is 2.28. The van der Waals surface area contributed by atoms with Gasteiger partial charge in [-0.05, 0) is 64.3 Å². The van der Waals surface area contributed by atoms with Crippen LogP contribution in [0.15, 0.2) is 39.7 Å². The minimum Gasteiger partial charge on any atom is -0.466 e. The van der Waals surface area contributed by atoms with Crippen LogP contribution in [0.2, 0.25) is 0 Å². The zero-order valence-electron chi connectivity index (χ0n) is 19.3. The van der Waals surface area contributed by atoms with E-state index in [1.807, 2.05) is 51.1 Å². The van der Waals surface area contributed by atoms with Crippen LogP contribution in [0.5, 0.6) is 0 Å². The normalized spacial score (nSPS) is 18.3. The van der Waals surface area contributed by atoms with Gasteiger partial charge in [-0.15, -0.1) is 0 Å². The van der Waals surface area contributed by atoms with E-state index in [0.717, 1.165) is 35.4 Å². The molecule has 0 saturated carbocycles. The average molecular weight is 443 g/mol. The first kappa shape index (κ1) is 23.8. The second-order valence-corrected chi connectivity index (χ2v) is 8.34. The van der Waals surface area contributed by atoms with E-state index in [9.17, 15) is 9.90 Å². The van der Waals surface area contributed by atoms with Crippen LogP contribution in [0, 0.1) is 13.8 Å². The fourth-order valence-corrected chi connectivity index (χ4v) is 3.78. The van der Waals surface area contributed by atoms with Crippen LogP contribution in [-0.2, 0) is 21.7 Å². The van der Waals surface area contributed by atoms with Gasteiger partial charge in [0, 0.05) is 24.4 Å². The van der Waals surface area contributed by atoms with Gasteiger partial charge in [0.1, 0.15) is 23.2 Å². The SMILES string of the molecule is CCNC(=NCc1cccc(NC(=O)C2CCCO2)c1)NCC(C)(O)c1cc(C)oc1C. The Hall–Kier alpha value is -2.84. The van der Waals surface area contributed by atoms with Crippen LogP contribution < -0.4 is 16.0 Å². The molecule has 2 heterocycles. The molecular formula is C24H34N4O4. The Kier molecular flexibility index (Phi) is 7.93. The summed E-state index contributed by atoms with van der Waals surface area (Å²) >= 11 is 0. The zero-order valence-corrected chi connectivity index (χ0v) is 19.3. The third kappa shape index (κ3) is 6.34. The number of anilines is 1. The molecule has 2 aromatic rings. The Balaban J connectivity index is 1.62. The molecule has 0 aliphatic carbocycles. The lowest BCUT2D eigenvalue weighted by Crippen LogP contribution is -2.44. The zero-order chi connectivity index (χ0) is 23.1. The van der Waals surface area contributed by atoms with Crippen molar-refractivity contribution in [3.63, 3.8) is 0 Å². The molecule has 1 aromatic heterocycles. The van der Waals surface area contributed by atoms with Crippen molar-refractivity contribution in [1.29, 1.82) is 0 Å². The third-order valence-corrected chi connectivity index (χ3v) is 5.40. The Morgan fingerprint density at radius 2 is 2.09 bits per heavy atom. The van der Waals surface area contributed by atoms with Gasteiger partial charge in [-0.25, -0.2) is 4.99 Å². The van der Waals surface area contributed by atoms with Crippen LogP contribution in [-0.4, -0.2) is 42.8 Å². The van der Waals surface area contributed by atoms with E-state index < -0.39 is 5.60 Å². The van der Waals surface area contributed by atoms with Gasteiger partial charge in [-0.2, -0.15) is 0 Å². The first-order chi connectivity index (χ1) is 15.3. The molecule has 1 aliphatic heterocycles. The lowest BCUT2D eigenvalue weighted by atomic mass is 9.96. The summed E-state index contributed by atoms with van der Waals surface area (Å²) in [4.78, 5) is 16.9. The molecular weight excluding hydrogens is 408 g/mol. The fraction of sp³-hybridized carbons (Fsp3) is 0.500. The van der Waals surface area contributed by atoms with Crippen LogP contribution in [0.3, 0.4) is 0 Å². The minimum atomic E-state index is -1.11. The molecule has 1 aromatic carbocycles. The first-order valence-corrected chi connectivity index (χ1v) is 11.1. The van der Waals surface area contributed by atoms with Crippen LogP contribution in [0.25, 0.3) is 0 Å². The number of furan rings is 1. The summed E-state index contributed by atoms with van der Waals surface area (Å²) in [5, 5.41) is 20.3. The van der Waals surface area contributed by atoms with E-state index in [-0.39, 0.29) is 18.6 Å². The quantitative estimate of drug-likeness (QED) is 0.370. The van der Waals surface area contributed by atoms with Gasteiger partial charge in [0.05, 0.1) is 13.1 Å². The standard InChI is InChI=1S/C24H34N4O4/c1-5-25-23(27-15-24(4,30)20-12-16(2)32-17(20)3)26-14-18-8-6-9-19(13-18)28-22(29)21-10-7-11-31-21/h6,8-9,12-13,21,30H,5,7,10-11,14-15H2,1-4H3,(H,28,29)(H2,25,26,27). The molecule has 1 amide bonds. The van der Waals surface area contributed by atoms with E-state index in [4.69, 9.17) is 9.15 Å². The van der Waals surface area contributed by atoms with E-state index in [0.29, 0.717) is 31.4 Å². The van der Waals surface area contributed by atoms with Crippen molar-refractivity contribution >= 4 is 17.6 Å². The van der Waals surface area contributed by atoms with E-state index in [1.165, 1.54) is 0 Å². The number of ether oxygens (including phenoxy) is 1. The number of hydrogen-bond donors (Lipinski definition) is 4. The van der Waals surface area contributed by atoms with E-state index in [1.54, 1.807) is 6.92 Å². The smallest absolute Gasteiger partial charge is 0.253 e. The van der Waals surface area contributed by atoms with Crippen molar-refractivity contribution in [2.24, 2.45) is 4.99 Å². The Labute approximate surface area is 189 Å². The lowest BCUT2D eigenvalue weighted by molar-refractivity contribution is -0.124. The molecule has 0 spiro atoms. The Bertz CT molecular complexity index is 945. The number of aliphatic imine (C=N–C) groups is 1. The number of nitrogens with zero attached hydrogens (tertiary/aromatic N) is 1. The number of aliphatic hydroxyl groups is 1. The van der Waals surface area contributed by atoms with Crippen molar-refractivity contribution in [3.8, 4) is 0 Å². The van der Waals surface area contributed by atoms with Gasteiger partial charge in [-0.3, -0.25) is 4.79 Å². The maximum absolute atomic E-state index is 12.3. The Morgan fingerprint density at radius 1 is 1.28 bits per heavy atom. The van der Waals surface area contributed by atoms with Crippen LogP contribution in [0.1, 0.15) is 49.3 Å². The van der Waals surface area contributed by atoms with Crippen molar-refractivity contribution in [2.45, 2.75) is 58.8 Å². The number of carbonyl (C=O) groups is 1. The third-order valence-electron chi connectivity index (χ3n) is 5.40. The summed E-state index contributed by atoms with van der Waals surface area (Å²) < 4.78 is 11.0. The molecule has 2 unspecified atom stereocenters. The van der Waals surface area contributed by atoms with Gasteiger partial charge in [-0.1, -0.05) is 12.1 Å². The number of benzene rings is 1. The largest absolute Gasteiger partial charge is 0.466 e. The molecule has 32 heavy (non-hydrogen) atoms. The molecule has 0 radical (unpaired) electrons. The number of rotatable bonds is 8. The number of hydrogen-bond acceptors (Lipinski definition) is 5. The molecule has 2 atom stereocenters. The second kappa shape index (κ2) is 10.7. The number of guanidine groups is 1. The minimum absolute atomic E-state index is 0.106. The summed E-state index contributed by atoms with van der Waals surface area (Å²) in [6.07, 6.45) is 1.31. The Morgan fingerprint density at radius 3 is 2.75 bits per heavy atom. The number of amides is 1. The fourth-order valence-electron chi connectivity index (χ4n) is 3.78. The van der Waals surface area contributed by atoms with Gasteiger partial charge in [0.25, 0.3) is 5.91 Å². The highest BCUT2D eigenvalue weighted by Crippen LogP contribution is 2.26. The van der Waals surface area contributed by atoms with Gasteiger partial charge >= 0.3 is 0 Å². The highest BCUT2D eigenvalue weighted by molar-refractivity contribution is 5.94. The summed E-state index contributed by atoms with van der Waals surface area (Å²) in [7, 11) is 0. The van der Waals surface area contributed by atoms with Gasteiger partial charge < -0.3 is 30.2 Å². The monoisotopic (exact) mass is 442 g/mol. The molecule has 3 rings (SSSR count). The van der Waals surface area contributed by atoms with Crippen molar-refractivity contribution in [2.75, 3.05) is 25.0 Å². The van der Waals surface area contributed by atoms with Crippen molar-refractivity contribution in [3.05, 3.63) is 53.0 Å². The van der Waals surface area contributed by atoms with Gasteiger partial charge in [0.2, 0.25) is 0 Å². The molecule has 8 heteroatoms. The second-order valence-electron chi connectivity index (χ2n) is 8.34. The highest BCUT2D eigenvalue weighted by atomic mass is 16.5. The molecule has 1 aliphatic rings. The van der Waals surface area contributed by atoms with Crippen LogP contribution >= 0.6 is 0 Å². The summed E-state index contributed by atoms with van der Waals surface area (Å²) in [6.45, 7) is 9.47. The summed E-state index contributed by atoms with van der Waals surface area (Å²) in [5.41, 5.74) is 1.34. The topological polar surface area (TPSA) is 108 Å². The predicted octanol–water partition coefficient (Wildman–Crippen LogP) is 2.98. The molecule has 1 saturated heterocycles. The van der Waals surface area contributed by atoms with E-state index >= 15 is 0 Å². The number of carbonyl (C=O) groups excluding carboxylic acids is 1. The molecule has 4 N–H and O–H groups in total. The van der Waals surface area contributed by atoms with Crippen molar-refractivity contribution < 1.29 is 19.1 Å².